The fourth-order valence-electron chi connectivity index (χ4n) is 4.74. The second kappa shape index (κ2) is 13.0. The molecule has 234 valence electrons. The van der Waals surface area contributed by atoms with Gasteiger partial charge >= 0.3 is 5.89 Å². The van der Waals surface area contributed by atoms with E-state index >= 15 is 0 Å². The van der Waals surface area contributed by atoms with E-state index in [1.807, 2.05) is 49.1 Å². The summed E-state index contributed by atoms with van der Waals surface area (Å²) in [5.41, 5.74) is 3.71. The standard InChI is InChI=1S/C29H36N2O10S2/c1-6-21(16-29-31(12-10-20(3)43(35,36)37)22-14-19(2)8-9-24(22)40-29)15-28-30(11-7-13-42(32,33)34)23-17-26(38-4)27(39-5)18-25(23)41-28/h8-9,14-18,20H,6-7,10-13H2,1-5H3,(H-,32,33,34,35,36,37)/p+1. The van der Waals surface area contributed by atoms with Crippen LogP contribution in [-0.2, 0) is 26.8 Å². The zero-order valence-electron chi connectivity index (χ0n) is 24.7. The molecule has 0 saturated carbocycles. The number of methoxy groups -OCH3 is 2. The van der Waals surface area contributed by atoms with Crippen LogP contribution in [0.15, 0.2) is 52.3 Å². The van der Waals surface area contributed by atoms with Gasteiger partial charge in [-0.3, -0.25) is 9.11 Å². The highest BCUT2D eigenvalue weighted by Gasteiger charge is 2.29. The number of anilines is 1. The monoisotopic (exact) mass is 637 g/mol. The largest absolute Gasteiger partial charge is 0.493 e. The summed E-state index contributed by atoms with van der Waals surface area (Å²) in [5.74, 6) is 2.03. The van der Waals surface area contributed by atoms with Gasteiger partial charge in [0.05, 0.1) is 43.1 Å². The summed E-state index contributed by atoms with van der Waals surface area (Å²) >= 11 is 0. The maximum absolute atomic E-state index is 11.7. The van der Waals surface area contributed by atoms with E-state index in [2.05, 4.69) is 0 Å². The van der Waals surface area contributed by atoms with E-state index < -0.39 is 31.2 Å². The van der Waals surface area contributed by atoms with E-state index in [4.69, 9.17) is 18.6 Å². The Bertz CT molecular complexity index is 1780. The second-order valence-corrected chi connectivity index (χ2v) is 13.7. The normalized spacial score (nSPS) is 15.6. The first-order chi connectivity index (χ1) is 20.2. The van der Waals surface area contributed by atoms with Gasteiger partial charge in [-0.15, -0.1) is 0 Å². The average molecular weight is 638 g/mol. The van der Waals surface area contributed by atoms with Gasteiger partial charge in [0.1, 0.15) is 0 Å². The highest BCUT2D eigenvalue weighted by atomic mass is 32.2. The molecule has 4 rings (SSSR count). The maximum Gasteiger partial charge on any atom is 0.374 e. The Morgan fingerprint density at radius 2 is 1.79 bits per heavy atom. The first-order valence-electron chi connectivity index (χ1n) is 13.7. The Balaban J connectivity index is 1.77. The van der Waals surface area contributed by atoms with Gasteiger partial charge in [0.2, 0.25) is 11.5 Å². The SMILES string of the molecule is CCC(/C=C1\Oc2ccc(C)cc2N1CCC(C)S(=O)(=O)O)=C\c1oc2cc(OC)c(OC)cc2[n+]1CCCS(=O)(=O)O. The number of rotatable bonds is 13. The van der Waals surface area contributed by atoms with Gasteiger partial charge in [-0.25, -0.2) is 0 Å². The van der Waals surface area contributed by atoms with Crippen molar-refractivity contribution in [3.63, 3.8) is 0 Å². The van der Waals surface area contributed by atoms with Crippen molar-refractivity contribution in [2.24, 2.45) is 0 Å². The van der Waals surface area contributed by atoms with Crippen molar-refractivity contribution in [1.82, 2.24) is 0 Å². The van der Waals surface area contributed by atoms with E-state index in [1.54, 1.807) is 16.7 Å². The lowest BCUT2D eigenvalue weighted by molar-refractivity contribution is -0.677. The summed E-state index contributed by atoms with van der Waals surface area (Å²) < 4.78 is 90.0. The van der Waals surface area contributed by atoms with E-state index in [-0.39, 0.29) is 25.9 Å². The molecule has 0 aliphatic carbocycles. The topological polar surface area (TPSA) is 157 Å². The minimum atomic E-state index is -4.20. The quantitative estimate of drug-likeness (QED) is 0.201. The molecule has 0 amide bonds. The minimum absolute atomic E-state index is 0.132. The zero-order chi connectivity index (χ0) is 31.5. The van der Waals surface area contributed by atoms with Gasteiger partial charge in [-0.1, -0.05) is 13.0 Å². The van der Waals surface area contributed by atoms with E-state index in [1.165, 1.54) is 21.1 Å². The molecule has 0 radical (unpaired) electrons. The number of hydrogen-bond acceptors (Lipinski definition) is 9. The molecule has 0 fully saturated rings. The van der Waals surface area contributed by atoms with Crippen LogP contribution in [0.25, 0.3) is 17.2 Å². The first-order valence-corrected chi connectivity index (χ1v) is 16.8. The number of aryl methyl sites for hydroxylation is 2. The Morgan fingerprint density at radius 3 is 2.42 bits per heavy atom. The molecule has 0 saturated heterocycles. The number of oxazole rings is 1. The third kappa shape index (κ3) is 7.68. The molecule has 2 N–H and O–H groups in total. The number of hydrogen-bond donors (Lipinski definition) is 2. The maximum atomic E-state index is 11.7. The summed E-state index contributed by atoms with van der Waals surface area (Å²) in [4.78, 5) is 1.88. The smallest absolute Gasteiger partial charge is 0.374 e. The molecular weight excluding hydrogens is 600 g/mol. The van der Waals surface area contributed by atoms with E-state index in [0.29, 0.717) is 46.5 Å². The lowest BCUT2D eigenvalue weighted by atomic mass is 10.1. The van der Waals surface area contributed by atoms with Crippen LogP contribution in [0.3, 0.4) is 0 Å². The van der Waals surface area contributed by atoms with Crippen molar-refractivity contribution in [2.45, 2.75) is 51.8 Å². The van der Waals surface area contributed by atoms with Crippen LogP contribution >= 0.6 is 0 Å². The van der Waals surface area contributed by atoms with Crippen LogP contribution < -0.4 is 23.7 Å². The molecule has 43 heavy (non-hydrogen) atoms. The fourth-order valence-corrected chi connectivity index (χ4v) is 5.64. The number of aromatic nitrogens is 1. The summed E-state index contributed by atoms with van der Waals surface area (Å²) in [6.07, 6.45) is 4.51. The van der Waals surface area contributed by atoms with Gasteiger partial charge in [0.15, 0.2) is 23.8 Å². The predicted octanol–water partition coefficient (Wildman–Crippen LogP) is 4.52. The molecule has 1 unspecified atom stereocenters. The lowest BCUT2D eigenvalue weighted by Gasteiger charge is -2.20. The molecule has 1 atom stereocenters. The number of ether oxygens (including phenoxy) is 3. The van der Waals surface area contributed by atoms with Crippen LogP contribution in [0, 0.1) is 6.92 Å². The molecular formula is C29H37N2O10S2+. The highest BCUT2D eigenvalue weighted by Crippen LogP contribution is 2.40. The first kappa shape index (κ1) is 32.3. The van der Waals surface area contributed by atoms with Crippen molar-refractivity contribution in [2.75, 3.05) is 31.4 Å². The molecule has 1 aliphatic heterocycles. The minimum Gasteiger partial charge on any atom is -0.493 e. The summed E-state index contributed by atoms with van der Waals surface area (Å²) in [6.45, 7) is 5.86. The number of nitrogens with zero attached hydrogens (tertiary/aromatic N) is 2. The zero-order valence-corrected chi connectivity index (χ0v) is 26.4. The van der Waals surface area contributed by atoms with Crippen molar-refractivity contribution in [1.29, 1.82) is 0 Å². The second-order valence-electron chi connectivity index (χ2n) is 10.3. The molecule has 12 nitrogen and oxygen atoms in total. The van der Waals surface area contributed by atoms with Crippen molar-refractivity contribution < 1.29 is 49.1 Å². The van der Waals surface area contributed by atoms with Gasteiger partial charge in [0.25, 0.3) is 25.8 Å². The van der Waals surface area contributed by atoms with Gasteiger partial charge < -0.3 is 23.5 Å². The van der Waals surface area contributed by atoms with Crippen molar-refractivity contribution >= 4 is 43.1 Å². The van der Waals surface area contributed by atoms with Gasteiger partial charge in [0, 0.05) is 25.1 Å². The molecule has 2 aromatic carbocycles. The number of fused-ring (bicyclic) bond motifs is 2. The van der Waals surface area contributed by atoms with Crippen LogP contribution in [0.2, 0.25) is 0 Å². The third-order valence-corrected chi connectivity index (χ3v) is 9.26. The van der Waals surface area contributed by atoms with Crippen molar-refractivity contribution in [3.8, 4) is 17.2 Å². The molecule has 2 heterocycles. The van der Waals surface area contributed by atoms with Crippen LogP contribution in [0.1, 0.15) is 44.6 Å². The Hall–Kier alpha value is -3.59. The van der Waals surface area contributed by atoms with Crippen LogP contribution in [-0.4, -0.2) is 57.7 Å². The van der Waals surface area contributed by atoms with E-state index in [0.717, 1.165) is 16.8 Å². The molecule has 1 aliphatic rings. The number of allylic oxidation sites excluding steroid dienone is 2. The van der Waals surface area contributed by atoms with Gasteiger partial charge in [-0.05, 0) is 50.0 Å². The molecule has 3 aromatic rings. The van der Waals surface area contributed by atoms with E-state index in [9.17, 15) is 25.9 Å². The fraction of sp³-hybridized carbons (Fsp3) is 0.414. The Morgan fingerprint density at radius 1 is 1.09 bits per heavy atom. The Labute approximate surface area is 251 Å². The predicted molar refractivity (Wildman–Crippen MR) is 162 cm³/mol. The molecule has 0 spiro atoms. The summed E-state index contributed by atoms with van der Waals surface area (Å²) in [5, 5.41) is -0.963. The Kier molecular flexibility index (Phi) is 9.74. The summed E-state index contributed by atoms with van der Waals surface area (Å²) in [6, 6.07) is 9.15. The van der Waals surface area contributed by atoms with Crippen LogP contribution in [0.5, 0.6) is 17.2 Å². The molecule has 0 bridgehead atoms. The van der Waals surface area contributed by atoms with Crippen LogP contribution in [0.4, 0.5) is 5.69 Å². The average Bonchev–Trinajstić information content (AvgIpc) is 3.45. The third-order valence-electron chi connectivity index (χ3n) is 7.20. The molecule has 14 heteroatoms. The van der Waals surface area contributed by atoms with Gasteiger partial charge in [-0.2, -0.15) is 21.4 Å². The lowest BCUT2D eigenvalue weighted by Crippen LogP contribution is -2.36. The van der Waals surface area contributed by atoms with Crippen molar-refractivity contribution in [3.05, 3.63) is 59.3 Å². The highest BCUT2D eigenvalue weighted by molar-refractivity contribution is 7.86. The number of benzene rings is 2. The molecule has 1 aromatic heterocycles. The summed E-state index contributed by atoms with van der Waals surface area (Å²) in [7, 11) is -5.33.